The summed E-state index contributed by atoms with van der Waals surface area (Å²) in [7, 11) is 0. The molecule has 0 saturated heterocycles. The molecule has 1 aromatic carbocycles. The maximum atomic E-state index is 5.70. The van der Waals surface area contributed by atoms with Crippen LogP contribution in [0, 0.1) is 20.8 Å². The zero-order valence-corrected chi connectivity index (χ0v) is 12.3. The molecule has 2 aromatic rings. The Hall–Kier alpha value is -1.54. The summed E-state index contributed by atoms with van der Waals surface area (Å²) in [6.07, 6.45) is 2.88. The second-order valence-corrected chi connectivity index (χ2v) is 5.22. The highest BCUT2D eigenvalue weighted by Gasteiger charge is 2.20. The molecule has 1 heterocycles. The van der Waals surface area contributed by atoms with Crippen LogP contribution in [0.25, 0.3) is 0 Å². The summed E-state index contributed by atoms with van der Waals surface area (Å²) in [5, 5.41) is 3.60. The van der Waals surface area contributed by atoms with E-state index in [0.29, 0.717) is 0 Å². The molecule has 19 heavy (non-hydrogen) atoms. The normalized spacial score (nSPS) is 12.6. The van der Waals surface area contributed by atoms with Gasteiger partial charge in [-0.25, -0.2) is 0 Å². The van der Waals surface area contributed by atoms with Crippen molar-refractivity contribution in [1.29, 1.82) is 0 Å². The first-order valence-electron chi connectivity index (χ1n) is 6.98. The second kappa shape index (κ2) is 6.07. The van der Waals surface area contributed by atoms with Crippen molar-refractivity contribution in [3.8, 4) is 0 Å². The zero-order chi connectivity index (χ0) is 13.8. The Morgan fingerprint density at radius 2 is 1.89 bits per heavy atom. The highest BCUT2D eigenvalue weighted by molar-refractivity contribution is 5.38. The fraction of sp³-hybridized carbons (Fsp3) is 0.412. The van der Waals surface area contributed by atoms with E-state index in [1.807, 2.05) is 6.07 Å². The van der Waals surface area contributed by atoms with E-state index < -0.39 is 0 Å². The lowest BCUT2D eigenvalue weighted by Crippen LogP contribution is -2.24. The van der Waals surface area contributed by atoms with Gasteiger partial charge in [0.2, 0.25) is 0 Å². The number of aryl methyl sites for hydroxylation is 3. The molecule has 0 fully saturated rings. The van der Waals surface area contributed by atoms with Crippen molar-refractivity contribution in [2.75, 3.05) is 6.54 Å². The van der Waals surface area contributed by atoms with Crippen molar-refractivity contribution in [1.82, 2.24) is 5.32 Å². The number of furan rings is 1. The Balaban J connectivity index is 2.40. The van der Waals surface area contributed by atoms with Gasteiger partial charge in [-0.05, 0) is 56.5 Å². The predicted molar refractivity (Wildman–Crippen MR) is 79.5 cm³/mol. The molecule has 102 valence electrons. The molecule has 0 saturated carbocycles. The van der Waals surface area contributed by atoms with Crippen LogP contribution in [0.4, 0.5) is 0 Å². The summed E-state index contributed by atoms with van der Waals surface area (Å²) in [5.74, 6) is 1.03. The monoisotopic (exact) mass is 257 g/mol. The number of rotatable bonds is 5. The summed E-state index contributed by atoms with van der Waals surface area (Å²) < 4.78 is 5.70. The van der Waals surface area contributed by atoms with E-state index in [0.717, 1.165) is 18.7 Å². The molecule has 0 amide bonds. The van der Waals surface area contributed by atoms with Crippen molar-refractivity contribution < 1.29 is 4.42 Å². The van der Waals surface area contributed by atoms with Crippen LogP contribution in [0.2, 0.25) is 0 Å². The van der Waals surface area contributed by atoms with Gasteiger partial charge in [-0.1, -0.05) is 30.7 Å². The van der Waals surface area contributed by atoms with Crippen LogP contribution in [-0.2, 0) is 0 Å². The fourth-order valence-electron chi connectivity index (χ4n) is 2.46. The molecule has 2 nitrogen and oxygen atoms in total. The van der Waals surface area contributed by atoms with E-state index in [4.69, 9.17) is 4.42 Å². The van der Waals surface area contributed by atoms with Gasteiger partial charge in [0.1, 0.15) is 5.76 Å². The van der Waals surface area contributed by atoms with Crippen LogP contribution in [0.5, 0.6) is 0 Å². The summed E-state index contributed by atoms with van der Waals surface area (Å²) in [6.45, 7) is 9.56. The van der Waals surface area contributed by atoms with E-state index in [1.54, 1.807) is 6.26 Å². The molecule has 0 aliphatic heterocycles. The molecular weight excluding hydrogens is 234 g/mol. The third-order valence-corrected chi connectivity index (χ3v) is 3.50. The Labute approximate surface area is 115 Å². The first-order valence-corrected chi connectivity index (χ1v) is 6.98. The third-order valence-electron chi connectivity index (χ3n) is 3.50. The van der Waals surface area contributed by atoms with Crippen LogP contribution in [0.3, 0.4) is 0 Å². The lowest BCUT2D eigenvalue weighted by atomic mass is 9.96. The van der Waals surface area contributed by atoms with E-state index in [-0.39, 0.29) is 6.04 Å². The highest BCUT2D eigenvalue weighted by atomic mass is 16.3. The molecule has 0 aliphatic carbocycles. The Morgan fingerprint density at radius 3 is 2.47 bits per heavy atom. The van der Waals surface area contributed by atoms with Crippen LogP contribution < -0.4 is 5.32 Å². The number of hydrogen-bond donors (Lipinski definition) is 1. The Morgan fingerprint density at radius 1 is 1.11 bits per heavy atom. The minimum Gasteiger partial charge on any atom is -0.467 e. The van der Waals surface area contributed by atoms with Crippen LogP contribution in [0.1, 0.15) is 47.4 Å². The average molecular weight is 257 g/mol. The van der Waals surface area contributed by atoms with E-state index >= 15 is 0 Å². The van der Waals surface area contributed by atoms with Crippen molar-refractivity contribution in [3.63, 3.8) is 0 Å². The summed E-state index contributed by atoms with van der Waals surface area (Å²) in [5.41, 5.74) is 5.11. The van der Waals surface area contributed by atoms with Crippen LogP contribution >= 0.6 is 0 Å². The molecule has 0 radical (unpaired) electrons. The summed E-state index contributed by atoms with van der Waals surface area (Å²) >= 11 is 0. The lowest BCUT2D eigenvalue weighted by molar-refractivity contribution is 0.443. The maximum Gasteiger partial charge on any atom is 0.128 e. The number of hydrogen-bond acceptors (Lipinski definition) is 2. The van der Waals surface area contributed by atoms with Gasteiger partial charge in [0.15, 0.2) is 0 Å². The molecule has 0 aliphatic rings. The number of benzene rings is 1. The van der Waals surface area contributed by atoms with Crippen molar-refractivity contribution in [2.24, 2.45) is 0 Å². The van der Waals surface area contributed by atoms with Crippen LogP contribution in [-0.4, -0.2) is 6.54 Å². The summed E-state index contributed by atoms with van der Waals surface area (Å²) in [4.78, 5) is 0. The quantitative estimate of drug-likeness (QED) is 0.864. The summed E-state index contributed by atoms with van der Waals surface area (Å²) in [6, 6.07) is 8.78. The van der Waals surface area contributed by atoms with Crippen molar-refractivity contribution in [2.45, 2.75) is 40.2 Å². The molecule has 0 spiro atoms. The molecule has 1 aromatic heterocycles. The lowest BCUT2D eigenvalue weighted by Gasteiger charge is -2.20. The molecule has 0 bridgehead atoms. The van der Waals surface area contributed by atoms with E-state index in [9.17, 15) is 0 Å². The van der Waals surface area contributed by atoms with Gasteiger partial charge >= 0.3 is 0 Å². The third kappa shape index (κ3) is 3.07. The second-order valence-electron chi connectivity index (χ2n) is 5.22. The Kier molecular flexibility index (Phi) is 4.43. The van der Waals surface area contributed by atoms with Crippen molar-refractivity contribution >= 4 is 0 Å². The van der Waals surface area contributed by atoms with Gasteiger partial charge in [0.05, 0.1) is 12.3 Å². The largest absolute Gasteiger partial charge is 0.467 e. The predicted octanol–water partition coefficient (Wildman–Crippen LogP) is 4.29. The van der Waals surface area contributed by atoms with Gasteiger partial charge in [-0.15, -0.1) is 0 Å². The van der Waals surface area contributed by atoms with Gasteiger partial charge < -0.3 is 9.73 Å². The van der Waals surface area contributed by atoms with Gasteiger partial charge in [-0.3, -0.25) is 0 Å². The Bertz CT molecular complexity index is 542. The number of nitrogens with one attached hydrogen (secondary N) is 1. The molecule has 2 heteroatoms. The highest BCUT2D eigenvalue weighted by Crippen LogP contribution is 2.28. The fourth-order valence-corrected chi connectivity index (χ4v) is 2.46. The first kappa shape index (κ1) is 13.9. The van der Waals surface area contributed by atoms with Gasteiger partial charge in [-0.2, -0.15) is 0 Å². The van der Waals surface area contributed by atoms with Gasteiger partial charge in [0, 0.05) is 0 Å². The standard InChI is InChI=1S/C17H23NO/c1-5-9-18-16(17-13(3)8-10-19-17)15-7-6-12(2)11-14(15)4/h6-8,10-11,16,18H,5,9H2,1-4H3. The average Bonchev–Trinajstić information content (AvgIpc) is 2.78. The topological polar surface area (TPSA) is 25.2 Å². The molecule has 1 atom stereocenters. The van der Waals surface area contributed by atoms with Gasteiger partial charge in [0.25, 0.3) is 0 Å². The van der Waals surface area contributed by atoms with E-state index in [1.165, 1.54) is 22.3 Å². The molecule has 2 rings (SSSR count). The maximum absolute atomic E-state index is 5.70. The molecule has 1 unspecified atom stereocenters. The van der Waals surface area contributed by atoms with E-state index in [2.05, 4.69) is 51.2 Å². The molecule has 1 N–H and O–H groups in total. The SMILES string of the molecule is CCCNC(c1ccc(C)cc1C)c1occc1C. The van der Waals surface area contributed by atoms with Crippen LogP contribution in [0.15, 0.2) is 34.9 Å². The van der Waals surface area contributed by atoms with Crippen molar-refractivity contribution in [3.05, 3.63) is 58.5 Å². The minimum absolute atomic E-state index is 0.149. The zero-order valence-electron chi connectivity index (χ0n) is 12.3. The minimum atomic E-state index is 0.149. The smallest absolute Gasteiger partial charge is 0.128 e. The first-order chi connectivity index (χ1) is 9.13. The molecular formula is C17H23NO.